The third kappa shape index (κ3) is 14.7. The summed E-state index contributed by atoms with van der Waals surface area (Å²) in [7, 11) is 0. The third-order valence-corrected chi connectivity index (χ3v) is 19.5. The SMILES string of the molecule is Cc1cc(F)cc(-c2cc(C(C)(C)CC(C)(C)C)cc(-c3c4ccc(C(C)(C)C)cc4cc4ccc(C(C)(C)C)cc34)c2O)c1OCCCOc1c(C)cc(F)cc1-c1cc(C(C)(C)CC(C)(C)C)cc(-c2c3ccc(C(C)(C)C)cc3cc3ccc(C(C)(C)C)cc23)c1O. The minimum absolute atomic E-state index is 0.0444. The predicted octanol–water partition coefficient (Wildman–Crippen LogP) is 25.7. The Bertz CT molecular complexity index is 4330. The van der Waals surface area contributed by atoms with Crippen molar-refractivity contribution in [1.82, 2.24) is 0 Å². The molecule has 4 nitrogen and oxygen atoms in total. The van der Waals surface area contributed by atoms with Crippen LogP contribution in [0.1, 0.15) is 216 Å². The molecular weight excluding hydrogens is 1170 g/mol. The van der Waals surface area contributed by atoms with Crippen molar-refractivity contribution in [3.63, 3.8) is 0 Å². The van der Waals surface area contributed by atoms with Crippen LogP contribution in [0.15, 0.2) is 133 Å². The van der Waals surface area contributed by atoms with E-state index in [4.69, 9.17) is 9.47 Å². The molecule has 0 unspecified atom stereocenters. The molecule has 0 aromatic heterocycles. The van der Waals surface area contributed by atoms with Crippen molar-refractivity contribution in [1.29, 1.82) is 0 Å². The number of phenolic OH excluding ortho intramolecular Hbond substituents is 2. The highest BCUT2D eigenvalue weighted by atomic mass is 19.1. The summed E-state index contributed by atoms with van der Waals surface area (Å²) >= 11 is 0. The number of aryl methyl sites for hydroxylation is 2. The average molecular weight is 1280 g/mol. The summed E-state index contributed by atoms with van der Waals surface area (Å²) in [5.74, 6) is 0.126. The van der Waals surface area contributed by atoms with Gasteiger partial charge in [-0.1, -0.05) is 213 Å². The fourth-order valence-electron chi connectivity index (χ4n) is 15.0. The maximum absolute atomic E-state index is 16.3. The zero-order valence-corrected chi connectivity index (χ0v) is 61.7. The molecule has 95 heavy (non-hydrogen) atoms. The number of halogens is 2. The maximum atomic E-state index is 16.3. The van der Waals surface area contributed by atoms with Crippen LogP contribution in [0.5, 0.6) is 23.0 Å². The Morgan fingerprint density at radius 1 is 0.316 bits per heavy atom. The van der Waals surface area contributed by atoms with Gasteiger partial charge in [0.05, 0.1) is 13.2 Å². The summed E-state index contributed by atoms with van der Waals surface area (Å²) in [6, 6.07) is 45.8. The molecule has 6 heteroatoms. The molecule has 0 fully saturated rings. The molecule has 500 valence electrons. The first-order chi connectivity index (χ1) is 43.8. The van der Waals surface area contributed by atoms with Crippen molar-refractivity contribution in [3.8, 4) is 67.5 Å². The summed E-state index contributed by atoms with van der Waals surface area (Å²) in [5.41, 5.74) is 11.7. The van der Waals surface area contributed by atoms with Gasteiger partial charge in [-0.3, -0.25) is 0 Å². The van der Waals surface area contributed by atoms with Gasteiger partial charge in [-0.25, -0.2) is 8.78 Å². The molecule has 0 spiro atoms. The number of aromatic hydroxyl groups is 2. The Kier molecular flexibility index (Phi) is 18.3. The lowest BCUT2D eigenvalue weighted by molar-refractivity contribution is 0.246. The van der Waals surface area contributed by atoms with Gasteiger partial charge in [0, 0.05) is 50.9 Å². The van der Waals surface area contributed by atoms with Crippen LogP contribution in [0, 0.1) is 36.3 Å². The topological polar surface area (TPSA) is 58.9 Å². The van der Waals surface area contributed by atoms with Crippen molar-refractivity contribution in [2.24, 2.45) is 10.8 Å². The van der Waals surface area contributed by atoms with Crippen LogP contribution in [-0.4, -0.2) is 23.4 Å². The van der Waals surface area contributed by atoms with E-state index in [0.29, 0.717) is 62.4 Å². The van der Waals surface area contributed by atoms with Crippen LogP contribution in [-0.2, 0) is 32.5 Å². The lowest BCUT2D eigenvalue weighted by atomic mass is 9.71. The second kappa shape index (κ2) is 24.7. The highest BCUT2D eigenvalue weighted by Crippen LogP contribution is 2.54. The summed E-state index contributed by atoms with van der Waals surface area (Å²) in [6.45, 7) is 53.4. The van der Waals surface area contributed by atoms with Gasteiger partial charge in [-0.2, -0.15) is 0 Å². The molecule has 0 atom stereocenters. The van der Waals surface area contributed by atoms with E-state index in [0.717, 1.165) is 78.2 Å². The molecular formula is C89H106F2O4. The lowest BCUT2D eigenvalue weighted by Gasteiger charge is -2.34. The van der Waals surface area contributed by atoms with Gasteiger partial charge in [0.2, 0.25) is 0 Å². The molecule has 0 aliphatic rings. The van der Waals surface area contributed by atoms with Crippen LogP contribution < -0.4 is 9.47 Å². The Morgan fingerprint density at radius 3 is 0.958 bits per heavy atom. The summed E-state index contributed by atoms with van der Waals surface area (Å²) < 4.78 is 46.4. The number of hydrogen-bond acceptors (Lipinski definition) is 4. The van der Waals surface area contributed by atoms with Gasteiger partial charge in [-0.15, -0.1) is 0 Å². The number of rotatable bonds is 14. The Labute approximate surface area is 567 Å². The van der Waals surface area contributed by atoms with Gasteiger partial charge >= 0.3 is 0 Å². The standard InChI is InChI=1S/C89H106F2O4/c1-52-36-64(90)48-72(70-44-62(88(21,22)50-82(3,4)5)46-74(78(70)92)76-66-32-30-58(84(9,10)11)40-56(66)38-54-26-28-60(42-68(54)76)86(15,16)17)80(52)94-34-25-35-95-81-53(2)37-65(91)49-73(81)71-45-63(89(23,24)51-83(6,7)8)47-75(79(71)93)77-67-33-31-59(85(12,13)14)41-57(67)39-55-27-29-61(43-69(55)77)87(18,19)20/h26-33,36-49,92-93H,25,34-35,50-51H2,1-24H3. The molecule has 0 amide bonds. The van der Waals surface area contributed by atoms with Gasteiger partial charge < -0.3 is 19.7 Å². The van der Waals surface area contributed by atoms with E-state index in [9.17, 15) is 10.2 Å². The van der Waals surface area contributed by atoms with Gasteiger partial charge in [0.25, 0.3) is 0 Å². The largest absolute Gasteiger partial charge is 0.507 e. The minimum atomic E-state index is -0.441. The Hall–Kier alpha value is -7.70. The molecule has 0 aliphatic heterocycles. The van der Waals surface area contributed by atoms with Crippen LogP contribution in [0.3, 0.4) is 0 Å². The molecule has 0 bridgehead atoms. The first-order valence-electron chi connectivity index (χ1n) is 34.5. The number of benzene rings is 10. The Morgan fingerprint density at radius 2 is 0.632 bits per heavy atom. The smallest absolute Gasteiger partial charge is 0.131 e. The lowest BCUT2D eigenvalue weighted by Crippen LogP contribution is -2.25. The summed E-state index contributed by atoms with van der Waals surface area (Å²) in [6.07, 6.45) is 2.06. The number of ether oxygens (including phenoxy) is 2. The van der Waals surface area contributed by atoms with Crippen LogP contribution >= 0.6 is 0 Å². The fourth-order valence-corrected chi connectivity index (χ4v) is 15.0. The first kappa shape index (κ1) is 70.1. The van der Waals surface area contributed by atoms with E-state index in [2.05, 4.69) is 249 Å². The third-order valence-electron chi connectivity index (χ3n) is 19.5. The quantitative estimate of drug-likeness (QED) is 0.0841. The van der Waals surface area contributed by atoms with Crippen molar-refractivity contribution in [3.05, 3.63) is 190 Å². The zero-order valence-electron chi connectivity index (χ0n) is 61.7. The average Bonchev–Trinajstić information content (AvgIpc) is 0.737. The molecule has 0 aliphatic carbocycles. The van der Waals surface area contributed by atoms with Gasteiger partial charge in [0.15, 0.2) is 0 Å². The monoisotopic (exact) mass is 1280 g/mol. The number of phenols is 2. The van der Waals surface area contributed by atoms with Crippen molar-refractivity contribution >= 4 is 43.1 Å². The fraction of sp³-hybridized carbons (Fsp3) is 0.416. The normalized spacial score (nSPS) is 13.2. The van der Waals surface area contributed by atoms with Crippen LogP contribution in [0.25, 0.3) is 87.6 Å². The minimum Gasteiger partial charge on any atom is -0.507 e. The van der Waals surface area contributed by atoms with E-state index in [1.165, 1.54) is 46.5 Å². The van der Waals surface area contributed by atoms with Crippen molar-refractivity contribution < 1.29 is 28.5 Å². The van der Waals surface area contributed by atoms with E-state index in [1.807, 2.05) is 26.0 Å². The highest BCUT2D eigenvalue weighted by molar-refractivity contribution is 6.16. The van der Waals surface area contributed by atoms with Gasteiger partial charge in [0.1, 0.15) is 34.6 Å². The van der Waals surface area contributed by atoms with E-state index in [-0.39, 0.29) is 68.0 Å². The maximum Gasteiger partial charge on any atom is 0.131 e. The zero-order chi connectivity index (χ0) is 69.8. The molecule has 10 aromatic rings. The van der Waals surface area contributed by atoms with E-state index in [1.54, 1.807) is 0 Å². The molecule has 10 rings (SSSR count). The van der Waals surface area contributed by atoms with Crippen molar-refractivity contribution in [2.75, 3.05) is 13.2 Å². The van der Waals surface area contributed by atoms with Crippen LogP contribution in [0.4, 0.5) is 8.78 Å². The highest BCUT2D eigenvalue weighted by Gasteiger charge is 2.34. The molecule has 10 aromatic carbocycles. The molecule has 2 N–H and O–H groups in total. The molecule has 0 saturated carbocycles. The Balaban J connectivity index is 1.08. The molecule has 0 radical (unpaired) electrons. The van der Waals surface area contributed by atoms with Crippen molar-refractivity contribution in [2.45, 2.75) is 218 Å². The first-order valence-corrected chi connectivity index (χ1v) is 34.5. The summed E-state index contributed by atoms with van der Waals surface area (Å²) in [5, 5.41) is 35.0. The molecule has 0 heterocycles. The van der Waals surface area contributed by atoms with E-state index < -0.39 is 11.6 Å². The van der Waals surface area contributed by atoms with E-state index >= 15 is 8.78 Å². The number of hydrogen-bond donors (Lipinski definition) is 2. The predicted molar refractivity (Wildman–Crippen MR) is 402 cm³/mol. The number of fused-ring (bicyclic) bond motifs is 4. The second-order valence-electron chi connectivity index (χ2n) is 35.6. The van der Waals surface area contributed by atoms with Gasteiger partial charge in [-0.05, 0) is 230 Å². The van der Waals surface area contributed by atoms with Crippen LogP contribution in [0.2, 0.25) is 0 Å². The second-order valence-corrected chi connectivity index (χ2v) is 35.6. The summed E-state index contributed by atoms with van der Waals surface area (Å²) in [4.78, 5) is 0. The molecule has 0 saturated heterocycles.